The first-order chi connectivity index (χ1) is 25.3. The summed E-state index contributed by atoms with van der Waals surface area (Å²) in [5, 5.41) is 4.59. The molecule has 0 bridgehead atoms. The first-order valence-electron chi connectivity index (χ1n) is 16.9. The lowest BCUT2D eigenvalue weighted by molar-refractivity contribution is 0.667. The molecule has 0 fully saturated rings. The Bertz CT molecular complexity index is 2930. The summed E-state index contributed by atoms with van der Waals surface area (Å²) in [4.78, 5) is 19.6. The Balaban J connectivity index is 1.07. The Morgan fingerprint density at radius 2 is 1.04 bits per heavy atom. The number of nitrogens with zero attached hydrogens (tertiary/aromatic N) is 6. The lowest BCUT2D eigenvalue weighted by Crippen LogP contribution is -1.95. The number of hydrogen-bond acceptors (Lipinski definition) is 5. The van der Waals surface area contributed by atoms with E-state index in [2.05, 4.69) is 111 Å². The van der Waals surface area contributed by atoms with Gasteiger partial charge in [0.1, 0.15) is 16.7 Å². The summed E-state index contributed by atoms with van der Waals surface area (Å²) in [5.74, 6) is 0. The summed E-state index contributed by atoms with van der Waals surface area (Å²) >= 11 is 0. The van der Waals surface area contributed by atoms with Gasteiger partial charge in [-0.25, -0.2) is 15.0 Å². The largest absolute Gasteiger partial charge is 0.453 e. The highest BCUT2D eigenvalue weighted by Crippen LogP contribution is 2.37. The summed E-state index contributed by atoms with van der Waals surface area (Å²) in [6.45, 7) is 0. The van der Waals surface area contributed by atoms with Gasteiger partial charge in [0, 0.05) is 56.4 Å². The summed E-state index contributed by atoms with van der Waals surface area (Å²) < 4.78 is 10.7. The van der Waals surface area contributed by atoms with Gasteiger partial charge < -0.3 is 8.98 Å². The topological polar surface area (TPSA) is 74.6 Å². The predicted octanol–water partition coefficient (Wildman–Crippen LogP) is 10.7. The average Bonchev–Trinajstić information content (AvgIpc) is 3.85. The van der Waals surface area contributed by atoms with Crippen LogP contribution in [0.25, 0.3) is 99.8 Å². The zero-order valence-corrected chi connectivity index (χ0v) is 27.1. The number of aromatic nitrogens is 6. The van der Waals surface area contributed by atoms with Crippen LogP contribution in [0.15, 0.2) is 163 Å². The van der Waals surface area contributed by atoms with E-state index in [-0.39, 0.29) is 0 Å². The number of benzene rings is 4. The van der Waals surface area contributed by atoms with Crippen LogP contribution in [0.3, 0.4) is 0 Å². The average molecular weight is 655 g/mol. The molecule has 7 heterocycles. The Hall–Kier alpha value is -7.12. The minimum absolute atomic E-state index is 0.703. The molecule has 0 aliphatic carbocycles. The maximum Gasteiger partial charge on any atom is 0.155 e. The van der Waals surface area contributed by atoms with E-state index in [1.54, 1.807) is 0 Å². The van der Waals surface area contributed by atoms with E-state index in [9.17, 15) is 0 Å². The van der Waals surface area contributed by atoms with Gasteiger partial charge in [-0.3, -0.25) is 9.55 Å². The van der Waals surface area contributed by atoms with Gasteiger partial charge >= 0.3 is 0 Å². The van der Waals surface area contributed by atoms with Crippen LogP contribution in [0, 0.1) is 0 Å². The van der Waals surface area contributed by atoms with E-state index >= 15 is 0 Å². The zero-order valence-electron chi connectivity index (χ0n) is 27.1. The Kier molecular flexibility index (Phi) is 5.83. The quantitative estimate of drug-likeness (QED) is 0.189. The molecule has 238 valence electrons. The highest BCUT2D eigenvalue weighted by atomic mass is 16.3. The van der Waals surface area contributed by atoms with Crippen LogP contribution in [0.5, 0.6) is 0 Å². The predicted molar refractivity (Wildman–Crippen MR) is 204 cm³/mol. The van der Waals surface area contributed by atoms with E-state index < -0.39 is 0 Å². The number of rotatable bonds is 4. The molecular weight excluding hydrogens is 629 g/mol. The fourth-order valence-electron chi connectivity index (χ4n) is 7.56. The van der Waals surface area contributed by atoms with Crippen LogP contribution in [-0.4, -0.2) is 29.1 Å². The Morgan fingerprint density at radius 1 is 0.451 bits per heavy atom. The summed E-state index contributed by atoms with van der Waals surface area (Å²) in [6, 6.07) is 48.1. The maximum atomic E-state index is 6.26. The SMILES string of the molecule is c1ccc(-n2c3cnccc3c3ccc(-c4ccc5oc6ccc(-c7ccc8c9cccnc9n(-c9ccccc9)c8c7)nc6c5n4)cc32)cc1. The summed E-state index contributed by atoms with van der Waals surface area (Å²) in [6.07, 6.45) is 5.63. The fraction of sp³-hybridized carbons (Fsp3) is 0. The van der Waals surface area contributed by atoms with Crippen molar-refractivity contribution in [1.29, 1.82) is 0 Å². The highest BCUT2D eigenvalue weighted by molar-refractivity contribution is 6.11. The molecule has 4 aromatic carbocycles. The number of hydrogen-bond donors (Lipinski definition) is 0. The highest BCUT2D eigenvalue weighted by Gasteiger charge is 2.18. The minimum Gasteiger partial charge on any atom is -0.453 e. The molecule has 7 aromatic heterocycles. The van der Waals surface area contributed by atoms with Gasteiger partial charge in [-0.2, -0.15) is 0 Å². The number of furan rings is 1. The van der Waals surface area contributed by atoms with Gasteiger partial charge in [0.2, 0.25) is 0 Å². The molecule has 0 amide bonds. The molecule has 0 spiro atoms. The van der Waals surface area contributed by atoms with Crippen LogP contribution >= 0.6 is 0 Å². The molecule has 7 heteroatoms. The van der Waals surface area contributed by atoms with Crippen LogP contribution in [-0.2, 0) is 0 Å². The second-order valence-electron chi connectivity index (χ2n) is 12.8. The first kappa shape index (κ1) is 27.8. The van der Waals surface area contributed by atoms with Crippen molar-refractivity contribution in [2.24, 2.45) is 0 Å². The van der Waals surface area contributed by atoms with Crippen molar-refractivity contribution in [3.8, 4) is 33.9 Å². The van der Waals surface area contributed by atoms with Crippen LogP contribution < -0.4 is 0 Å². The number of para-hydroxylation sites is 2. The van der Waals surface area contributed by atoms with E-state index in [1.807, 2.05) is 61.1 Å². The third kappa shape index (κ3) is 4.18. The standard InChI is InChI=1S/C44H26N6O/c1-3-8-29(9-4-1)49-37-24-27(13-15-31(37)33-21-23-45-26-39(33)49)35-17-19-40-42(47-35)43-41(51-40)20-18-36(48-43)28-14-16-32-34-12-7-22-46-44(34)50(38(32)25-28)30-10-5-2-6-11-30/h1-26H. The smallest absolute Gasteiger partial charge is 0.155 e. The molecule has 0 atom stereocenters. The molecule has 0 aliphatic heterocycles. The van der Waals surface area contributed by atoms with Crippen molar-refractivity contribution in [3.05, 3.63) is 158 Å². The molecule has 0 radical (unpaired) electrons. The second kappa shape index (κ2) is 10.7. The second-order valence-corrected chi connectivity index (χ2v) is 12.8. The molecule has 11 aromatic rings. The molecule has 0 N–H and O–H groups in total. The zero-order chi connectivity index (χ0) is 33.5. The first-order valence-corrected chi connectivity index (χ1v) is 16.9. The monoisotopic (exact) mass is 654 g/mol. The third-order valence-electron chi connectivity index (χ3n) is 9.88. The lowest BCUT2D eigenvalue weighted by atomic mass is 10.1. The van der Waals surface area contributed by atoms with Crippen molar-refractivity contribution < 1.29 is 4.42 Å². The third-order valence-corrected chi connectivity index (χ3v) is 9.88. The number of fused-ring (bicyclic) bond motifs is 9. The van der Waals surface area contributed by atoms with Crippen LogP contribution in [0.1, 0.15) is 0 Å². The van der Waals surface area contributed by atoms with Crippen molar-refractivity contribution in [1.82, 2.24) is 29.1 Å². The van der Waals surface area contributed by atoms with Crippen molar-refractivity contribution in [3.63, 3.8) is 0 Å². The Morgan fingerprint density at radius 3 is 1.71 bits per heavy atom. The van der Waals surface area contributed by atoms with Crippen molar-refractivity contribution >= 4 is 65.9 Å². The van der Waals surface area contributed by atoms with Crippen molar-refractivity contribution in [2.45, 2.75) is 0 Å². The van der Waals surface area contributed by atoms with Gasteiger partial charge in [-0.1, -0.05) is 60.7 Å². The van der Waals surface area contributed by atoms with E-state index in [4.69, 9.17) is 19.4 Å². The Labute approximate surface area is 290 Å². The van der Waals surface area contributed by atoms with Gasteiger partial charge in [0.15, 0.2) is 11.2 Å². The van der Waals surface area contributed by atoms with Gasteiger partial charge in [-0.05, 0) is 78.9 Å². The molecule has 11 rings (SSSR count). The van der Waals surface area contributed by atoms with Gasteiger partial charge in [0.25, 0.3) is 0 Å². The normalized spacial score (nSPS) is 11.9. The van der Waals surface area contributed by atoms with Gasteiger partial charge in [0.05, 0.1) is 34.1 Å². The van der Waals surface area contributed by atoms with Gasteiger partial charge in [-0.15, -0.1) is 0 Å². The lowest BCUT2D eigenvalue weighted by Gasteiger charge is -2.08. The molecule has 0 aliphatic rings. The summed E-state index contributed by atoms with van der Waals surface area (Å²) in [7, 11) is 0. The molecule has 0 unspecified atom stereocenters. The van der Waals surface area contributed by atoms with Crippen molar-refractivity contribution in [2.75, 3.05) is 0 Å². The summed E-state index contributed by atoms with van der Waals surface area (Å²) in [5.41, 5.74) is 12.9. The molecular formula is C44H26N6O. The number of pyridine rings is 4. The molecule has 51 heavy (non-hydrogen) atoms. The van der Waals surface area contributed by atoms with Crippen LogP contribution in [0.2, 0.25) is 0 Å². The fourth-order valence-corrected chi connectivity index (χ4v) is 7.56. The molecule has 7 nitrogen and oxygen atoms in total. The minimum atomic E-state index is 0.703. The van der Waals surface area contributed by atoms with E-state index in [0.29, 0.717) is 11.2 Å². The molecule has 0 saturated heterocycles. The van der Waals surface area contributed by atoms with Crippen LogP contribution in [0.4, 0.5) is 0 Å². The molecule has 0 saturated carbocycles. The van der Waals surface area contributed by atoms with E-state index in [0.717, 1.165) is 83.3 Å². The van der Waals surface area contributed by atoms with E-state index in [1.165, 1.54) is 5.39 Å². The maximum absolute atomic E-state index is 6.26.